The standard InChI is InChI=1S/C12H15BN4/c1-2-3-6-15-11-9-7-8(13)4-5-10(9)16-12(14)17-11/h4-5,7H,2-3,6H2,1H3,(H3,14,15,16,17). The highest BCUT2D eigenvalue weighted by Crippen LogP contribution is 2.19. The Hall–Kier alpha value is -1.78. The fourth-order valence-corrected chi connectivity index (χ4v) is 1.68. The average Bonchev–Trinajstić information content (AvgIpc) is 2.30. The molecule has 3 N–H and O–H groups in total. The van der Waals surface area contributed by atoms with Gasteiger partial charge in [0.15, 0.2) is 0 Å². The third kappa shape index (κ3) is 2.67. The summed E-state index contributed by atoms with van der Waals surface area (Å²) in [4.78, 5) is 8.39. The minimum atomic E-state index is 0.279. The van der Waals surface area contributed by atoms with Crippen LogP contribution in [0.25, 0.3) is 10.9 Å². The summed E-state index contributed by atoms with van der Waals surface area (Å²) in [5, 5.41) is 4.18. The Labute approximate surface area is 102 Å². The van der Waals surface area contributed by atoms with Gasteiger partial charge in [0.1, 0.15) is 13.7 Å². The zero-order valence-corrected chi connectivity index (χ0v) is 9.90. The number of nitrogen functional groups attached to an aromatic ring is 1. The molecule has 0 atom stereocenters. The predicted octanol–water partition coefficient (Wildman–Crippen LogP) is 1.22. The van der Waals surface area contributed by atoms with Crippen molar-refractivity contribution >= 4 is 36.0 Å². The quantitative estimate of drug-likeness (QED) is 0.607. The molecule has 0 saturated carbocycles. The highest BCUT2D eigenvalue weighted by Gasteiger charge is 2.05. The maximum Gasteiger partial charge on any atom is 0.222 e. The number of unbranched alkanes of at least 4 members (excludes halogenated alkanes) is 1. The lowest BCUT2D eigenvalue weighted by molar-refractivity contribution is 0.832. The summed E-state index contributed by atoms with van der Waals surface area (Å²) in [5.41, 5.74) is 7.18. The van der Waals surface area contributed by atoms with Gasteiger partial charge in [-0.25, -0.2) is 4.98 Å². The first-order chi connectivity index (χ1) is 8.20. The molecule has 0 aliphatic heterocycles. The number of anilines is 2. The summed E-state index contributed by atoms with van der Waals surface area (Å²) in [5.74, 6) is 1.04. The second-order valence-corrected chi connectivity index (χ2v) is 3.99. The summed E-state index contributed by atoms with van der Waals surface area (Å²) >= 11 is 0. The molecule has 2 aromatic rings. The van der Waals surface area contributed by atoms with Gasteiger partial charge in [0.2, 0.25) is 5.95 Å². The minimum absolute atomic E-state index is 0.279. The van der Waals surface area contributed by atoms with Gasteiger partial charge >= 0.3 is 0 Å². The van der Waals surface area contributed by atoms with Crippen LogP contribution in [0.15, 0.2) is 18.2 Å². The fourth-order valence-electron chi connectivity index (χ4n) is 1.68. The van der Waals surface area contributed by atoms with Gasteiger partial charge in [-0.1, -0.05) is 30.9 Å². The number of nitrogens with one attached hydrogen (secondary N) is 1. The summed E-state index contributed by atoms with van der Waals surface area (Å²) < 4.78 is 0. The molecule has 0 aliphatic rings. The molecule has 0 unspecified atom stereocenters. The van der Waals surface area contributed by atoms with Crippen LogP contribution in [-0.4, -0.2) is 24.4 Å². The number of benzene rings is 1. The molecule has 0 fully saturated rings. The molecule has 0 bridgehead atoms. The van der Waals surface area contributed by atoms with Crippen LogP contribution in [0.3, 0.4) is 0 Å². The maximum absolute atomic E-state index is 5.77. The second kappa shape index (κ2) is 5.04. The monoisotopic (exact) mass is 226 g/mol. The summed E-state index contributed by atoms with van der Waals surface area (Å²) in [6, 6.07) is 5.53. The molecule has 0 spiro atoms. The second-order valence-electron chi connectivity index (χ2n) is 3.99. The number of hydrogen-bond donors (Lipinski definition) is 2. The third-order valence-electron chi connectivity index (χ3n) is 2.56. The Morgan fingerprint density at radius 1 is 1.35 bits per heavy atom. The zero-order chi connectivity index (χ0) is 12.3. The number of nitrogens with two attached hydrogens (primary N) is 1. The van der Waals surface area contributed by atoms with Gasteiger partial charge in [-0.05, 0) is 12.5 Å². The Morgan fingerprint density at radius 3 is 2.94 bits per heavy atom. The van der Waals surface area contributed by atoms with Crippen molar-refractivity contribution in [3.8, 4) is 0 Å². The van der Waals surface area contributed by atoms with Crippen molar-refractivity contribution in [3.05, 3.63) is 18.2 Å². The van der Waals surface area contributed by atoms with E-state index >= 15 is 0 Å². The first kappa shape index (κ1) is 11.7. The Morgan fingerprint density at radius 2 is 2.18 bits per heavy atom. The number of fused-ring (bicyclic) bond motifs is 1. The largest absolute Gasteiger partial charge is 0.369 e. The van der Waals surface area contributed by atoms with Crippen LogP contribution in [0, 0.1) is 0 Å². The van der Waals surface area contributed by atoms with Crippen molar-refractivity contribution in [3.63, 3.8) is 0 Å². The highest BCUT2D eigenvalue weighted by molar-refractivity contribution is 6.33. The summed E-state index contributed by atoms with van der Waals surface area (Å²) in [6.07, 6.45) is 2.22. The normalized spacial score (nSPS) is 10.6. The molecule has 2 rings (SSSR count). The van der Waals surface area contributed by atoms with Gasteiger partial charge in [0.05, 0.1) is 5.52 Å². The van der Waals surface area contributed by atoms with E-state index in [2.05, 4.69) is 22.2 Å². The van der Waals surface area contributed by atoms with Crippen molar-refractivity contribution < 1.29 is 0 Å². The molecule has 1 aromatic heterocycles. The molecule has 2 radical (unpaired) electrons. The first-order valence-corrected chi connectivity index (χ1v) is 5.77. The molecule has 17 heavy (non-hydrogen) atoms. The molecule has 4 nitrogen and oxygen atoms in total. The SMILES string of the molecule is [B]c1ccc2nc(N)nc(NCCCC)c2c1. The molecule has 0 aliphatic carbocycles. The molecular formula is C12H15BN4. The molecule has 5 heteroatoms. The van der Waals surface area contributed by atoms with Gasteiger partial charge in [0.25, 0.3) is 0 Å². The average molecular weight is 226 g/mol. The highest BCUT2D eigenvalue weighted by atomic mass is 15.1. The van der Waals surface area contributed by atoms with E-state index in [0.717, 1.165) is 36.1 Å². The van der Waals surface area contributed by atoms with E-state index in [0.29, 0.717) is 5.46 Å². The predicted molar refractivity (Wildman–Crippen MR) is 72.7 cm³/mol. The zero-order valence-electron chi connectivity index (χ0n) is 9.90. The van der Waals surface area contributed by atoms with Crippen LogP contribution in [0.4, 0.5) is 11.8 Å². The van der Waals surface area contributed by atoms with Crippen LogP contribution in [-0.2, 0) is 0 Å². The lowest BCUT2D eigenvalue weighted by Gasteiger charge is -2.09. The van der Waals surface area contributed by atoms with Crippen molar-refractivity contribution in [2.24, 2.45) is 0 Å². The van der Waals surface area contributed by atoms with Gasteiger partial charge in [-0.2, -0.15) is 4.98 Å². The smallest absolute Gasteiger partial charge is 0.222 e. The van der Waals surface area contributed by atoms with Crippen LogP contribution in [0.5, 0.6) is 0 Å². The minimum Gasteiger partial charge on any atom is -0.369 e. The van der Waals surface area contributed by atoms with Gasteiger partial charge in [0, 0.05) is 11.9 Å². The Bertz CT molecular complexity index is 527. The topological polar surface area (TPSA) is 63.8 Å². The van der Waals surface area contributed by atoms with E-state index in [1.807, 2.05) is 18.2 Å². The number of rotatable bonds is 4. The molecule has 0 amide bonds. The fraction of sp³-hybridized carbons (Fsp3) is 0.333. The Balaban J connectivity index is 2.40. The molecule has 1 heterocycles. The van der Waals surface area contributed by atoms with Crippen LogP contribution < -0.4 is 16.5 Å². The van der Waals surface area contributed by atoms with Crippen LogP contribution in [0.2, 0.25) is 0 Å². The van der Waals surface area contributed by atoms with E-state index in [9.17, 15) is 0 Å². The van der Waals surface area contributed by atoms with Gasteiger partial charge in [-0.3, -0.25) is 0 Å². The molecule has 86 valence electrons. The maximum atomic E-state index is 5.77. The van der Waals surface area contributed by atoms with Crippen molar-refractivity contribution in [2.75, 3.05) is 17.6 Å². The van der Waals surface area contributed by atoms with Crippen molar-refractivity contribution in [2.45, 2.75) is 19.8 Å². The molecular weight excluding hydrogens is 211 g/mol. The van der Waals surface area contributed by atoms with Crippen molar-refractivity contribution in [1.82, 2.24) is 9.97 Å². The molecule has 1 aromatic carbocycles. The van der Waals surface area contributed by atoms with E-state index < -0.39 is 0 Å². The first-order valence-electron chi connectivity index (χ1n) is 5.77. The summed E-state index contributed by atoms with van der Waals surface area (Å²) in [6.45, 7) is 3.02. The van der Waals surface area contributed by atoms with Gasteiger partial charge in [-0.15, -0.1) is 0 Å². The lowest BCUT2D eigenvalue weighted by Crippen LogP contribution is -2.09. The third-order valence-corrected chi connectivity index (χ3v) is 2.56. The summed E-state index contributed by atoms with van der Waals surface area (Å²) in [7, 11) is 5.77. The number of aromatic nitrogens is 2. The van der Waals surface area contributed by atoms with E-state index in [4.69, 9.17) is 13.6 Å². The van der Waals surface area contributed by atoms with E-state index in [-0.39, 0.29) is 5.95 Å². The number of nitrogens with zero attached hydrogens (tertiary/aromatic N) is 2. The van der Waals surface area contributed by atoms with Gasteiger partial charge < -0.3 is 11.1 Å². The Kier molecular flexibility index (Phi) is 3.47. The lowest BCUT2D eigenvalue weighted by atomic mass is 9.95. The molecule has 0 saturated heterocycles. The van der Waals surface area contributed by atoms with E-state index in [1.165, 1.54) is 0 Å². The van der Waals surface area contributed by atoms with E-state index in [1.54, 1.807) is 0 Å². The van der Waals surface area contributed by atoms with Crippen LogP contribution >= 0.6 is 0 Å². The van der Waals surface area contributed by atoms with Crippen molar-refractivity contribution in [1.29, 1.82) is 0 Å². The number of hydrogen-bond acceptors (Lipinski definition) is 4. The van der Waals surface area contributed by atoms with Crippen LogP contribution in [0.1, 0.15) is 19.8 Å².